The Bertz CT molecular complexity index is 514. The molecule has 0 saturated carbocycles. The molecule has 4 nitrogen and oxygen atoms in total. The van der Waals surface area contributed by atoms with Gasteiger partial charge in [0.1, 0.15) is 15.7 Å². The average molecular weight is 273 g/mol. The topological polar surface area (TPSA) is 63.2 Å². The number of hydrogen-bond donors (Lipinski definition) is 1. The number of halogens is 1. The number of amides is 1. The Morgan fingerprint density at radius 1 is 1.33 bits per heavy atom. The summed E-state index contributed by atoms with van der Waals surface area (Å²) in [4.78, 5) is 11.4. The number of sulfone groups is 1. The van der Waals surface area contributed by atoms with Gasteiger partial charge < -0.3 is 5.32 Å². The van der Waals surface area contributed by atoms with Gasteiger partial charge in [-0.15, -0.1) is 0 Å². The molecule has 1 aromatic carbocycles. The first-order chi connectivity index (χ1) is 8.38. The van der Waals surface area contributed by atoms with Gasteiger partial charge in [-0.1, -0.05) is 18.2 Å². The smallest absolute Gasteiger partial charge is 0.220 e. The van der Waals surface area contributed by atoms with Crippen LogP contribution in [-0.4, -0.2) is 26.3 Å². The predicted molar refractivity (Wildman–Crippen MR) is 67.2 cm³/mol. The molecular formula is C12H16FNO3S. The lowest BCUT2D eigenvalue weighted by molar-refractivity contribution is -0.121. The van der Waals surface area contributed by atoms with Crippen LogP contribution in [0.15, 0.2) is 24.3 Å². The van der Waals surface area contributed by atoms with Crippen LogP contribution in [0.3, 0.4) is 0 Å². The first kappa shape index (κ1) is 14.6. The number of carbonyl (C=O) groups excluding carboxylic acids is 1. The molecule has 100 valence electrons. The van der Waals surface area contributed by atoms with E-state index in [9.17, 15) is 17.6 Å². The Hall–Kier alpha value is -1.43. The molecule has 0 radical (unpaired) electrons. The molecule has 1 aromatic rings. The van der Waals surface area contributed by atoms with Gasteiger partial charge in [-0.05, 0) is 12.5 Å². The van der Waals surface area contributed by atoms with Gasteiger partial charge in [0.15, 0.2) is 0 Å². The number of nitrogens with one attached hydrogen (secondary N) is 1. The molecule has 0 aliphatic rings. The lowest BCUT2D eigenvalue weighted by atomic mass is 10.2. The van der Waals surface area contributed by atoms with Crippen LogP contribution in [0.2, 0.25) is 0 Å². The van der Waals surface area contributed by atoms with Crippen LogP contribution in [0.4, 0.5) is 4.39 Å². The van der Waals surface area contributed by atoms with Crippen molar-refractivity contribution < 1.29 is 17.6 Å². The Kier molecular flexibility index (Phi) is 5.27. The van der Waals surface area contributed by atoms with E-state index in [2.05, 4.69) is 5.32 Å². The molecule has 1 N–H and O–H groups in total. The highest BCUT2D eigenvalue weighted by Gasteiger charge is 2.07. The SMILES string of the molecule is CS(=O)(=O)CCCC(=O)NCc1ccccc1F. The standard InChI is InChI=1S/C12H16FNO3S/c1-18(16,17)8-4-7-12(15)14-9-10-5-2-3-6-11(10)13/h2-3,5-6H,4,7-9H2,1H3,(H,14,15). The summed E-state index contributed by atoms with van der Waals surface area (Å²) in [6.07, 6.45) is 1.54. The Morgan fingerprint density at radius 3 is 2.61 bits per heavy atom. The van der Waals surface area contributed by atoms with Crippen LogP contribution >= 0.6 is 0 Å². The quantitative estimate of drug-likeness (QED) is 0.849. The van der Waals surface area contributed by atoms with Gasteiger partial charge in [-0.3, -0.25) is 4.79 Å². The van der Waals surface area contributed by atoms with Gasteiger partial charge in [-0.2, -0.15) is 0 Å². The van der Waals surface area contributed by atoms with Crippen LogP contribution in [0, 0.1) is 5.82 Å². The van der Waals surface area contributed by atoms with Crippen molar-refractivity contribution in [3.63, 3.8) is 0 Å². The van der Waals surface area contributed by atoms with Crippen molar-refractivity contribution in [2.75, 3.05) is 12.0 Å². The fourth-order valence-electron chi connectivity index (χ4n) is 1.42. The summed E-state index contributed by atoms with van der Waals surface area (Å²) in [6, 6.07) is 6.18. The van der Waals surface area contributed by atoms with E-state index in [-0.39, 0.29) is 36.9 Å². The highest BCUT2D eigenvalue weighted by atomic mass is 32.2. The predicted octanol–water partition coefficient (Wildman–Crippen LogP) is 1.27. The Morgan fingerprint density at radius 2 is 2.00 bits per heavy atom. The molecule has 0 aliphatic heterocycles. The molecule has 0 unspecified atom stereocenters. The zero-order chi connectivity index (χ0) is 13.6. The van der Waals surface area contributed by atoms with E-state index in [1.165, 1.54) is 6.07 Å². The van der Waals surface area contributed by atoms with Gasteiger partial charge in [0.05, 0.1) is 5.75 Å². The van der Waals surface area contributed by atoms with Crippen LogP contribution in [0.5, 0.6) is 0 Å². The molecule has 0 aliphatic carbocycles. The second-order valence-electron chi connectivity index (χ2n) is 4.10. The summed E-state index contributed by atoms with van der Waals surface area (Å²) in [6.45, 7) is 0.115. The van der Waals surface area contributed by atoms with E-state index >= 15 is 0 Å². The molecule has 0 fully saturated rings. The largest absolute Gasteiger partial charge is 0.352 e. The maximum Gasteiger partial charge on any atom is 0.220 e. The van der Waals surface area contributed by atoms with Crippen LogP contribution < -0.4 is 5.32 Å². The molecule has 0 atom stereocenters. The number of carbonyl (C=O) groups is 1. The molecular weight excluding hydrogens is 257 g/mol. The van der Waals surface area contributed by atoms with Crippen molar-refractivity contribution in [1.82, 2.24) is 5.32 Å². The van der Waals surface area contributed by atoms with Gasteiger partial charge in [0.25, 0.3) is 0 Å². The molecule has 0 saturated heterocycles. The van der Waals surface area contributed by atoms with E-state index in [1.54, 1.807) is 18.2 Å². The molecule has 1 amide bonds. The zero-order valence-electron chi connectivity index (χ0n) is 10.1. The lowest BCUT2D eigenvalue weighted by Gasteiger charge is -2.05. The van der Waals surface area contributed by atoms with E-state index in [4.69, 9.17) is 0 Å². The summed E-state index contributed by atoms with van der Waals surface area (Å²) in [7, 11) is -3.03. The first-order valence-corrected chi connectivity index (χ1v) is 7.62. The molecule has 6 heteroatoms. The maximum absolute atomic E-state index is 13.2. The van der Waals surface area contributed by atoms with E-state index in [0.717, 1.165) is 6.26 Å². The van der Waals surface area contributed by atoms with Crippen molar-refractivity contribution in [2.45, 2.75) is 19.4 Å². The summed E-state index contributed by atoms with van der Waals surface area (Å²) < 4.78 is 34.9. The summed E-state index contributed by atoms with van der Waals surface area (Å²) in [5.41, 5.74) is 0.411. The van der Waals surface area contributed by atoms with E-state index in [0.29, 0.717) is 5.56 Å². The van der Waals surface area contributed by atoms with Crippen LogP contribution in [-0.2, 0) is 21.2 Å². The van der Waals surface area contributed by atoms with Gasteiger partial charge in [0.2, 0.25) is 5.91 Å². The van der Waals surface area contributed by atoms with Gasteiger partial charge in [-0.25, -0.2) is 12.8 Å². The summed E-state index contributed by atoms with van der Waals surface area (Å²) >= 11 is 0. The van der Waals surface area contributed by atoms with Gasteiger partial charge in [0, 0.05) is 24.8 Å². The molecule has 0 bridgehead atoms. The highest BCUT2D eigenvalue weighted by molar-refractivity contribution is 7.90. The third kappa shape index (κ3) is 5.77. The van der Waals surface area contributed by atoms with Crippen LogP contribution in [0.25, 0.3) is 0 Å². The molecule has 0 spiro atoms. The lowest BCUT2D eigenvalue weighted by Crippen LogP contribution is -2.23. The Balaban J connectivity index is 2.32. The number of benzene rings is 1. The molecule has 0 aromatic heterocycles. The summed E-state index contributed by atoms with van der Waals surface area (Å²) in [5, 5.41) is 2.55. The minimum absolute atomic E-state index is 0.0138. The molecule has 1 rings (SSSR count). The van der Waals surface area contributed by atoms with Crippen molar-refractivity contribution in [3.8, 4) is 0 Å². The monoisotopic (exact) mass is 273 g/mol. The van der Waals surface area contributed by atoms with E-state index < -0.39 is 9.84 Å². The fourth-order valence-corrected chi connectivity index (χ4v) is 2.09. The fraction of sp³-hybridized carbons (Fsp3) is 0.417. The number of hydrogen-bond acceptors (Lipinski definition) is 3. The minimum Gasteiger partial charge on any atom is -0.352 e. The second kappa shape index (κ2) is 6.49. The summed E-state index contributed by atoms with van der Waals surface area (Å²) in [5.74, 6) is -0.657. The third-order valence-electron chi connectivity index (χ3n) is 2.35. The zero-order valence-corrected chi connectivity index (χ0v) is 11.0. The highest BCUT2D eigenvalue weighted by Crippen LogP contribution is 2.05. The van der Waals surface area contributed by atoms with Crippen molar-refractivity contribution >= 4 is 15.7 Å². The van der Waals surface area contributed by atoms with Crippen molar-refractivity contribution in [1.29, 1.82) is 0 Å². The second-order valence-corrected chi connectivity index (χ2v) is 6.36. The van der Waals surface area contributed by atoms with E-state index in [1.807, 2.05) is 0 Å². The molecule has 0 heterocycles. The van der Waals surface area contributed by atoms with Crippen molar-refractivity contribution in [2.24, 2.45) is 0 Å². The minimum atomic E-state index is -3.03. The van der Waals surface area contributed by atoms with Crippen molar-refractivity contribution in [3.05, 3.63) is 35.6 Å². The average Bonchev–Trinajstić information content (AvgIpc) is 2.26. The Labute approximate surface area is 106 Å². The third-order valence-corrected chi connectivity index (χ3v) is 3.38. The number of rotatable bonds is 6. The molecule has 18 heavy (non-hydrogen) atoms. The normalized spacial score (nSPS) is 11.2. The van der Waals surface area contributed by atoms with Gasteiger partial charge >= 0.3 is 0 Å². The maximum atomic E-state index is 13.2. The first-order valence-electron chi connectivity index (χ1n) is 5.56. The van der Waals surface area contributed by atoms with Crippen LogP contribution in [0.1, 0.15) is 18.4 Å².